The molecule has 0 amide bonds. The fourth-order valence-electron chi connectivity index (χ4n) is 1.20. The van der Waals surface area contributed by atoms with E-state index in [2.05, 4.69) is 10.2 Å². The number of hydrogen-bond acceptors (Lipinski definition) is 5. The molecule has 1 rings (SSSR count). The van der Waals surface area contributed by atoms with Crippen LogP contribution in [0.3, 0.4) is 0 Å². The number of carbonyl (C=O) groups excluding carboxylic acids is 1. The first-order chi connectivity index (χ1) is 8.90. The first-order valence-electron chi connectivity index (χ1n) is 5.27. The summed E-state index contributed by atoms with van der Waals surface area (Å²) in [7, 11) is 0. The van der Waals surface area contributed by atoms with E-state index in [1.54, 1.807) is 0 Å². The summed E-state index contributed by atoms with van der Waals surface area (Å²) < 4.78 is 24.2. The third-order valence-electron chi connectivity index (χ3n) is 2.00. The largest absolute Gasteiger partial charge is 0.510 e. The van der Waals surface area contributed by atoms with Crippen molar-refractivity contribution >= 4 is 23.2 Å². The number of alkyl halides is 2. The molecule has 0 unspecified atom stereocenters. The van der Waals surface area contributed by atoms with Gasteiger partial charge >= 0.3 is 0 Å². The summed E-state index contributed by atoms with van der Waals surface area (Å²) in [6.07, 6.45) is 0. The van der Waals surface area contributed by atoms with Crippen LogP contribution in [0, 0.1) is 0 Å². The predicted octanol–water partition coefficient (Wildman–Crippen LogP) is 4.46. The molecule has 1 N–H and O–H groups in total. The number of azo groups is 1. The second-order valence-electron chi connectivity index (χ2n) is 3.56. The summed E-state index contributed by atoms with van der Waals surface area (Å²) in [4.78, 5) is 11.5. The second-order valence-corrected chi connectivity index (χ2v) is 4.63. The first-order valence-corrected chi connectivity index (χ1v) is 6.15. The van der Waals surface area contributed by atoms with Gasteiger partial charge in [-0.25, -0.2) is 0 Å². The topological polar surface area (TPSA) is 62.0 Å². The Morgan fingerprint density at radius 3 is 2.26 bits per heavy atom. The normalized spacial score (nSPS) is 12.9. The molecule has 1 aromatic carbocycles. The van der Waals surface area contributed by atoms with Crippen molar-refractivity contribution in [3.8, 4) is 0 Å². The maximum atomic E-state index is 12.1. The van der Waals surface area contributed by atoms with E-state index in [4.69, 9.17) is 0 Å². The second kappa shape index (κ2) is 6.98. The highest BCUT2D eigenvalue weighted by molar-refractivity contribution is 7.99. The van der Waals surface area contributed by atoms with E-state index in [1.807, 2.05) is 0 Å². The van der Waals surface area contributed by atoms with Crippen LogP contribution in [0.25, 0.3) is 0 Å². The van der Waals surface area contributed by atoms with E-state index in [-0.39, 0.29) is 11.5 Å². The highest BCUT2D eigenvalue weighted by Crippen LogP contribution is 2.27. The lowest BCUT2D eigenvalue weighted by atomic mass is 10.3. The Bertz CT molecular complexity index is 509. The van der Waals surface area contributed by atoms with Gasteiger partial charge in [0.2, 0.25) is 0 Å². The smallest absolute Gasteiger partial charge is 0.288 e. The third-order valence-corrected chi connectivity index (χ3v) is 2.73. The summed E-state index contributed by atoms with van der Waals surface area (Å²) >= 11 is 0.432. The van der Waals surface area contributed by atoms with Crippen LogP contribution in [0.1, 0.15) is 13.8 Å². The van der Waals surface area contributed by atoms with Crippen LogP contribution in [0.5, 0.6) is 0 Å². The van der Waals surface area contributed by atoms with E-state index in [0.717, 1.165) is 0 Å². The number of nitrogens with zero attached hydrogens (tertiary/aromatic N) is 2. The van der Waals surface area contributed by atoms with Crippen LogP contribution in [0.2, 0.25) is 0 Å². The Morgan fingerprint density at radius 1 is 1.26 bits per heavy atom. The van der Waals surface area contributed by atoms with Gasteiger partial charge in [0.1, 0.15) is 5.76 Å². The first kappa shape index (κ1) is 15.3. The van der Waals surface area contributed by atoms with E-state index in [9.17, 15) is 18.7 Å². The molecule has 0 heterocycles. The lowest BCUT2D eigenvalue weighted by molar-refractivity contribution is -0.113. The molecule has 102 valence electrons. The number of halogens is 2. The molecule has 0 aliphatic carbocycles. The van der Waals surface area contributed by atoms with E-state index < -0.39 is 11.5 Å². The molecule has 0 aliphatic heterocycles. The van der Waals surface area contributed by atoms with Gasteiger partial charge in [-0.05, 0) is 31.2 Å². The van der Waals surface area contributed by atoms with Gasteiger partial charge in [-0.3, -0.25) is 4.79 Å². The van der Waals surface area contributed by atoms with E-state index in [1.165, 1.54) is 38.1 Å². The number of rotatable bonds is 5. The summed E-state index contributed by atoms with van der Waals surface area (Å²) in [5, 5.41) is 16.6. The molecule has 0 spiro atoms. The lowest BCUT2D eigenvalue weighted by Gasteiger charge is -2.00. The Balaban J connectivity index is 2.83. The number of thioether (sulfide) groups is 1. The molecule has 4 nitrogen and oxygen atoms in total. The molecular weight excluding hydrogens is 274 g/mol. The Hall–Kier alpha value is -1.76. The van der Waals surface area contributed by atoms with Gasteiger partial charge in [0.25, 0.3) is 5.76 Å². The maximum absolute atomic E-state index is 12.1. The Labute approximate surface area is 113 Å². The Morgan fingerprint density at radius 2 is 1.84 bits per heavy atom. The molecule has 1 aromatic rings. The van der Waals surface area contributed by atoms with Crippen molar-refractivity contribution in [2.75, 3.05) is 0 Å². The van der Waals surface area contributed by atoms with E-state index >= 15 is 0 Å². The molecule has 0 bridgehead atoms. The fourth-order valence-corrected chi connectivity index (χ4v) is 1.70. The lowest BCUT2D eigenvalue weighted by Crippen LogP contribution is -1.96. The van der Waals surface area contributed by atoms with Crippen molar-refractivity contribution in [2.24, 2.45) is 10.2 Å². The van der Waals surface area contributed by atoms with Crippen molar-refractivity contribution < 1.29 is 18.7 Å². The zero-order valence-electron chi connectivity index (χ0n) is 10.3. The zero-order valence-corrected chi connectivity index (χ0v) is 11.1. The van der Waals surface area contributed by atoms with Gasteiger partial charge in [-0.1, -0.05) is 11.8 Å². The number of carbonyl (C=O) groups is 1. The summed E-state index contributed by atoms with van der Waals surface area (Å²) in [6.45, 7) is 2.59. The van der Waals surface area contributed by atoms with Gasteiger partial charge in [-0.2, -0.15) is 13.9 Å². The van der Waals surface area contributed by atoms with Crippen LogP contribution in [-0.4, -0.2) is 16.6 Å². The minimum Gasteiger partial charge on any atom is -0.510 e. The van der Waals surface area contributed by atoms with Crippen LogP contribution < -0.4 is 0 Å². The van der Waals surface area contributed by atoms with Crippen LogP contribution in [0.4, 0.5) is 14.5 Å². The Kier molecular flexibility index (Phi) is 5.62. The van der Waals surface area contributed by atoms with Crippen molar-refractivity contribution in [3.63, 3.8) is 0 Å². The SMILES string of the molecule is CC(=O)C(N=Nc1ccc(SC(F)F)cc1)=C(C)O. The molecular formula is C12H12F2N2O2S. The molecule has 0 saturated heterocycles. The van der Waals surface area contributed by atoms with Crippen molar-refractivity contribution in [1.29, 1.82) is 0 Å². The minimum absolute atomic E-state index is 0.133. The number of aliphatic hydroxyl groups excluding tert-OH is 1. The maximum Gasteiger partial charge on any atom is 0.288 e. The molecule has 0 aliphatic rings. The average Bonchev–Trinajstić information content (AvgIpc) is 2.29. The summed E-state index contributed by atoms with van der Waals surface area (Å²) in [5.41, 5.74) is 0.268. The van der Waals surface area contributed by atoms with Gasteiger partial charge in [0.05, 0.1) is 5.69 Å². The fraction of sp³-hybridized carbons (Fsp3) is 0.250. The zero-order chi connectivity index (χ0) is 14.4. The van der Waals surface area contributed by atoms with Gasteiger partial charge < -0.3 is 5.11 Å². The number of Topliss-reactive ketones (excluding diaryl/α,β-unsaturated/α-hetero) is 1. The standard InChI is InChI=1S/C12H12F2N2O2S/c1-7(17)11(8(2)18)16-15-9-3-5-10(6-4-9)19-12(13)14/h3-6,12,17H,1-2H3. The highest BCUT2D eigenvalue weighted by Gasteiger charge is 2.07. The molecule has 0 atom stereocenters. The molecule has 0 radical (unpaired) electrons. The van der Waals surface area contributed by atoms with Crippen LogP contribution in [0.15, 0.2) is 50.8 Å². The number of allylic oxidation sites excluding steroid dienone is 2. The van der Waals surface area contributed by atoms with Gasteiger partial charge in [-0.15, -0.1) is 5.11 Å². The molecule has 0 saturated carbocycles. The van der Waals surface area contributed by atoms with Crippen molar-refractivity contribution in [2.45, 2.75) is 24.5 Å². The molecule has 19 heavy (non-hydrogen) atoms. The average molecular weight is 286 g/mol. The highest BCUT2D eigenvalue weighted by atomic mass is 32.2. The summed E-state index contributed by atoms with van der Waals surface area (Å²) in [5.74, 6) is -3.11. The number of ketones is 1. The molecule has 0 fully saturated rings. The molecule has 0 aromatic heterocycles. The minimum atomic E-state index is -2.48. The quantitative estimate of drug-likeness (QED) is 0.376. The molecule has 7 heteroatoms. The predicted molar refractivity (Wildman–Crippen MR) is 68.8 cm³/mol. The van der Waals surface area contributed by atoms with Crippen molar-refractivity contribution in [1.82, 2.24) is 0 Å². The number of benzene rings is 1. The van der Waals surface area contributed by atoms with Gasteiger partial charge in [0, 0.05) is 11.8 Å². The summed E-state index contributed by atoms with van der Waals surface area (Å²) in [6, 6.07) is 5.96. The van der Waals surface area contributed by atoms with Crippen molar-refractivity contribution in [3.05, 3.63) is 35.7 Å². The number of hydrogen-bond donors (Lipinski definition) is 1. The third kappa shape index (κ3) is 5.17. The number of aliphatic hydroxyl groups is 1. The van der Waals surface area contributed by atoms with E-state index in [0.29, 0.717) is 22.3 Å². The monoisotopic (exact) mass is 286 g/mol. The van der Waals surface area contributed by atoms with Crippen LogP contribution in [-0.2, 0) is 4.79 Å². The van der Waals surface area contributed by atoms with Gasteiger partial charge in [0.15, 0.2) is 11.5 Å². The van der Waals surface area contributed by atoms with Crippen LogP contribution >= 0.6 is 11.8 Å².